The highest BCUT2D eigenvalue weighted by Crippen LogP contribution is 2.37. The fraction of sp³-hybridized carbons (Fsp3) is 0.125. The van der Waals surface area contributed by atoms with Gasteiger partial charge in [-0.1, -0.05) is 84.9 Å². The highest BCUT2D eigenvalue weighted by molar-refractivity contribution is 6.10. The van der Waals surface area contributed by atoms with Gasteiger partial charge in [-0.25, -0.2) is 0 Å². The lowest BCUT2D eigenvalue weighted by Gasteiger charge is -2.23. The van der Waals surface area contributed by atoms with Gasteiger partial charge in [0.15, 0.2) is 0 Å². The maximum atomic E-state index is 14.4. The molecular weight excluding hydrogens is 783 g/mol. The first-order valence-electron chi connectivity index (χ1n) is 18.8. The number of hydrogen-bond acceptors (Lipinski definition) is 4. The van der Waals surface area contributed by atoms with Crippen LogP contribution >= 0.6 is 0 Å². The van der Waals surface area contributed by atoms with Crippen LogP contribution in [0.1, 0.15) is 44.1 Å². The predicted octanol–water partition coefficient (Wildman–Crippen LogP) is 12.1. The number of rotatable bonds is 10. The number of fused-ring (bicyclic) bond motifs is 2. The summed E-state index contributed by atoms with van der Waals surface area (Å²) in [5.74, 6) is 0.0885. The highest BCUT2D eigenvalue weighted by atomic mass is 19.4. The molecule has 0 radical (unpaired) electrons. The lowest BCUT2D eigenvalue weighted by Crippen LogP contribution is -2.39. The number of nitrogens with zero attached hydrogens (tertiary/aromatic N) is 1. The molecule has 302 valence electrons. The van der Waals surface area contributed by atoms with Crippen LogP contribution in [0.2, 0.25) is 0 Å². The molecule has 60 heavy (non-hydrogen) atoms. The van der Waals surface area contributed by atoms with Crippen molar-refractivity contribution in [1.29, 1.82) is 0 Å². The minimum Gasteiger partial charge on any atom is -0.461 e. The second-order valence-corrected chi connectivity index (χ2v) is 14.3. The molecule has 0 aliphatic carbocycles. The van der Waals surface area contributed by atoms with Crippen molar-refractivity contribution in [1.82, 2.24) is 5.32 Å². The number of anilines is 1. The van der Waals surface area contributed by atoms with E-state index in [1.807, 2.05) is 24.3 Å². The Bertz CT molecular complexity index is 2890. The van der Waals surface area contributed by atoms with Gasteiger partial charge in [-0.05, 0) is 94.0 Å². The number of benzene rings is 6. The van der Waals surface area contributed by atoms with Gasteiger partial charge in [0.2, 0.25) is 5.91 Å². The Balaban J connectivity index is 1.09. The number of amides is 2. The highest BCUT2D eigenvalue weighted by Gasteiger charge is 2.31. The predicted molar refractivity (Wildman–Crippen MR) is 218 cm³/mol. The number of carbonyl (C=O) groups excluding carboxylic acids is 2. The van der Waals surface area contributed by atoms with Gasteiger partial charge in [0, 0.05) is 41.9 Å². The molecule has 0 spiro atoms. The summed E-state index contributed by atoms with van der Waals surface area (Å²) >= 11 is 0. The van der Waals surface area contributed by atoms with Crippen molar-refractivity contribution in [3.63, 3.8) is 0 Å². The van der Waals surface area contributed by atoms with E-state index in [-0.39, 0.29) is 19.4 Å². The van der Waals surface area contributed by atoms with Crippen LogP contribution in [-0.4, -0.2) is 25.4 Å². The topological polar surface area (TPSA) is 75.7 Å². The van der Waals surface area contributed by atoms with E-state index in [9.17, 15) is 35.9 Å². The van der Waals surface area contributed by atoms with E-state index in [2.05, 4.69) is 5.32 Å². The molecule has 2 aromatic heterocycles. The summed E-state index contributed by atoms with van der Waals surface area (Å²) < 4.78 is 92.4. The summed E-state index contributed by atoms with van der Waals surface area (Å²) in [4.78, 5) is 28.7. The smallest absolute Gasteiger partial charge is 0.416 e. The van der Waals surface area contributed by atoms with Crippen molar-refractivity contribution in [3.05, 3.63) is 185 Å². The Kier molecular flexibility index (Phi) is 10.6. The lowest BCUT2D eigenvalue weighted by molar-refractivity contribution is -0.138. The van der Waals surface area contributed by atoms with Crippen LogP contribution in [0.5, 0.6) is 0 Å². The molecule has 6 aromatic carbocycles. The second-order valence-electron chi connectivity index (χ2n) is 14.3. The average Bonchev–Trinajstić information content (AvgIpc) is 3.85. The maximum absolute atomic E-state index is 14.4. The first kappa shape index (κ1) is 39.7. The van der Waals surface area contributed by atoms with Gasteiger partial charge in [0.05, 0.1) is 11.1 Å². The van der Waals surface area contributed by atoms with E-state index in [0.29, 0.717) is 61.6 Å². The van der Waals surface area contributed by atoms with Crippen LogP contribution in [0.25, 0.3) is 44.2 Å². The molecule has 0 aliphatic rings. The minimum absolute atomic E-state index is 0.139. The molecule has 8 rings (SSSR count). The summed E-state index contributed by atoms with van der Waals surface area (Å²) in [5, 5.41) is 4.03. The van der Waals surface area contributed by atoms with Gasteiger partial charge in [0.1, 0.15) is 29.2 Å². The molecule has 1 N–H and O–H groups in total. The molecule has 2 amide bonds. The molecule has 8 aromatic rings. The molecule has 2 heterocycles. The van der Waals surface area contributed by atoms with Crippen LogP contribution in [0.3, 0.4) is 0 Å². The largest absolute Gasteiger partial charge is 0.461 e. The number of halogens is 6. The third kappa shape index (κ3) is 8.40. The van der Waals surface area contributed by atoms with Crippen LogP contribution < -0.4 is 10.2 Å². The number of furan rings is 2. The molecule has 0 atom stereocenters. The molecule has 0 unspecified atom stereocenters. The number of alkyl halides is 6. The minimum atomic E-state index is -4.47. The summed E-state index contributed by atoms with van der Waals surface area (Å²) in [5.41, 5.74) is 4.08. The van der Waals surface area contributed by atoms with Crippen LogP contribution in [0, 0.1) is 0 Å². The lowest BCUT2D eigenvalue weighted by atomic mass is 9.98. The van der Waals surface area contributed by atoms with Crippen LogP contribution in [-0.2, 0) is 30.0 Å². The van der Waals surface area contributed by atoms with Crippen molar-refractivity contribution in [2.24, 2.45) is 0 Å². The van der Waals surface area contributed by atoms with Crippen LogP contribution in [0.4, 0.5) is 32.0 Å². The van der Waals surface area contributed by atoms with Crippen LogP contribution in [0.15, 0.2) is 154 Å². The number of likely N-dealkylation sites (N-methyl/N-ethyl adjacent to an activating group) is 1. The van der Waals surface area contributed by atoms with Crippen molar-refractivity contribution >= 4 is 39.4 Å². The van der Waals surface area contributed by atoms with Crippen molar-refractivity contribution < 1.29 is 44.8 Å². The van der Waals surface area contributed by atoms with E-state index < -0.39 is 35.3 Å². The zero-order valence-electron chi connectivity index (χ0n) is 31.8. The number of carbonyl (C=O) groups is 2. The standard InChI is InChI=1S/C48H34F6N2O4/c1-55-45(57)28-56(36-15-5-11-32(25-36)40-17-7-19-44-42(40)27-38(60-44)23-30-9-3-14-35(21-30)48(52,53)54)46(58)33-12-4-10-31(24-33)39-16-6-18-43-41(39)26-37(59-43)22-29-8-2-13-34(20-29)47(49,50)51/h2-21,24-27H,22-23,28H2,1H3,(H,55,57). The summed E-state index contributed by atoms with van der Waals surface area (Å²) in [6.45, 7) is -0.295. The zero-order valence-corrected chi connectivity index (χ0v) is 31.8. The Morgan fingerprint density at radius 2 is 1.05 bits per heavy atom. The van der Waals surface area contributed by atoms with Gasteiger partial charge in [-0.3, -0.25) is 14.5 Å². The quantitative estimate of drug-likeness (QED) is 0.140. The molecule has 6 nitrogen and oxygen atoms in total. The van der Waals surface area contributed by atoms with Gasteiger partial charge in [-0.15, -0.1) is 0 Å². The first-order chi connectivity index (χ1) is 28.7. The SMILES string of the molecule is CNC(=O)CN(C(=O)c1cccc(-c2cccc3oc(Cc4cccc(C(F)(F)F)c4)cc23)c1)c1cccc(-c2cccc3oc(Cc4cccc(C(F)(F)F)c4)cc23)c1. The van der Waals surface area contributed by atoms with Gasteiger partial charge < -0.3 is 14.2 Å². The van der Waals surface area contributed by atoms with E-state index in [4.69, 9.17) is 8.83 Å². The van der Waals surface area contributed by atoms with Crippen molar-refractivity contribution in [3.8, 4) is 22.3 Å². The number of hydrogen-bond donors (Lipinski definition) is 1. The van der Waals surface area contributed by atoms with Gasteiger partial charge in [0.25, 0.3) is 5.91 Å². The Morgan fingerprint density at radius 1 is 0.567 bits per heavy atom. The molecule has 0 saturated carbocycles. The van der Waals surface area contributed by atoms with E-state index >= 15 is 0 Å². The zero-order chi connectivity index (χ0) is 42.2. The fourth-order valence-electron chi connectivity index (χ4n) is 7.34. The summed E-state index contributed by atoms with van der Waals surface area (Å²) in [6, 6.07) is 38.7. The Labute approximate surface area is 339 Å². The van der Waals surface area contributed by atoms with Gasteiger partial charge in [-0.2, -0.15) is 26.3 Å². The molecule has 0 bridgehead atoms. The Hall–Kier alpha value is -7.08. The maximum Gasteiger partial charge on any atom is 0.416 e. The van der Waals surface area contributed by atoms with E-state index in [1.165, 1.54) is 24.1 Å². The molecule has 0 fully saturated rings. The first-order valence-corrected chi connectivity index (χ1v) is 18.8. The van der Waals surface area contributed by atoms with Crippen molar-refractivity contribution in [2.45, 2.75) is 25.2 Å². The van der Waals surface area contributed by atoms with Crippen molar-refractivity contribution in [2.75, 3.05) is 18.5 Å². The third-order valence-corrected chi connectivity index (χ3v) is 10.2. The monoisotopic (exact) mass is 816 g/mol. The number of nitrogens with one attached hydrogen (secondary N) is 1. The molecule has 0 aliphatic heterocycles. The molecular formula is C48H34F6N2O4. The summed E-state index contributed by atoms with van der Waals surface area (Å²) in [7, 11) is 1.48. The fourth-order valence-corrected chi connectivity index (χ4v) is 7.34. The third-order valence-electron chi connectivity index (χ3n) is 10.2. The van der Waals surface area contributed by atoms with Gasteiger partial charge >= 0.3 is 12.4 Å². The average molecular weight is 817 g/mol. The van der Waals surface area contributed by atoms with E-state index in [1.54, 1.807) is 84.9 Å². The Morgan fingerprint density at radius 3 is 1.57 bits per heavy atom. The molecule has 0 saturated heterocycles. The molecule has 12 heteroatoms. The summed E-state index contributed by atoms with van der Waals surface area (Å²) in [6.07, 6.45) is -8.66. The normalized spacial score (nSPS) is 11.9. The van der Waals surface area contributed by atoms with E-state index in [0.717, 1.165) is 40.8 Å². The second kappa shape index (κ2) is 15.9.